The van der Waals surface area contributed by atoms with Gasteiger partial charge < -0.3 is 5.32 Å². The van der Waals surface area contributed by atoms with Gasteiger partial charge in [0.1, 0.15) is 0 Å². The van der Waals surface area contributed by atoms with E-state index in [0.29, 0.717) is 12.0 Å². The SMILES string of the molecule is CC1CCC(CNC(C)C)C(c2sccc2Cl)C1. The quantitative estimate of drug-likeness (QED) is 0.828. The lowest BCUT2D eigenvalue weighted by atomic mass is 9.74. The summed E-state index contributed by atoms with van der Waals surface area (Å²) in [6.45, 7) is 7.95. The van der Waals surface area contributed by atoms with Gasteiger partial charge in [0.05, 0.1) is 5.02 Å². The molecule has 1 aliphatic carbocycles. The molecule has 1 aromatic heterocycles. The molecule has 0 bridgehead atoms. The van der Waals surface area contributed by atoms with Crippen molar-refractivity contribution in [1.29, 1.82) is 0 Å². The number of halogens is 1. The maximum atomic E-state index is 6.34. The summed E-state index contributed by atoms with van der Waals surface area (Å²) in [5.74, 6) is 2.25. The molecule has 3 unspecified atom stereocenters. The second-order valence-corrected chi connectivity index (χ2v) is 7.34. The lowest BCUT2D eigenvalue weighted by molar-refractivity contribution is 0.240. The molecular formula is C15H24ClNS. The Morgan fingerprint density at radius 2 is 2.22 bits per heavy atom. The van der Waals surface area contributed by atoms with Crippen LogP contribution in [-0.2, 0) is 0 Å². The molecule has 0 aliphatic heterocycles. The van der Waals surface area contributed by atoms with Crippen molar-refractivity contribution in [2.24, 2.45) is 11.8 Å². The largest absolute Gasteiger partial charge is 0.314 e. The second kappa shape index (κ2) is 6.40. The Morgan fingerprint density at radius 1 is 1.44 bits per heavy atom. The fourth-order valence-electron chi connectivity index (χ4n) is 2.97. The Morgan fingerprint density at radius 3 is 2.83 bits per heavy atom. The van der Waals surface area contributed by atoms with Crippen molar-refractivity contribution in [2.75, 3.05) is 6.54 Å². The van der Waals surface area contributed by atoms with Crippen LogP contribution in [0.25, 0.3) is 0 Å². The highest BCUT2D eigenvalue weighted by Gasteiger charge is 2.31. The van der Waals surface area contributed by atoms with E-state index in [1.165, 1.54) is 24.1 Å². The van der Waals surface area contributed by atoms with Crippen molar-refractivity contribution < 1.29 is 0 Å². The highest BCUT2D eigenvalue weighted by molar-refractivity contribution is 7.10. The fourth-order valence-corrected chi connectivity index (χ4v) is 4.37. The minimum absolute atomic E-state index is 0.573. The van der Waals surface area contributed by atoms with Gasteiger partial charge >= 0.3 is 0 Å². The van der Waals surface area contributed by atoms with E-state index in [1.807, 2.05) is 17.4 Å². The van der Waals surface area contributed by atoms with Crippen molar-refractivity contribution in [3.63, 3.8) is 0 Å². The Labute approximate surface area is 120 Å². The molecule has 1 fully saturated rings. The Balaban J connectivity index is 2.09. The van der Waals surface area contributed by atoms with E-state index in [0.717, 1.165) is 23.4 Å². The van der Waals surface area contributed by atoms with Crippen LogP contribution < -0.4 is 5.32 Å². The molecular weight excluding hydrogens is 262 g/mol. The standard InChI is InChI=1S/C15H24ClNS/c1-10(2)17-9-12-5-4-11(3)8-13(12)15-14(16)6-7-18-15/h6-7,10-13,17H,4-5,8-9H2,1-3H3. The van der Waals surface area contributed by atoms with Gasteiger partial charge in [-0.3, -0.25) is 0 Å². The number of nitrogens with one attached hydrogen (secondary N) is 1. The Kier molecular flexibility index (Phi) is 5.11. The van der Waals surface area contributed by atoms with Gasteiger partial charge in [-0.15, -0.1) is 11.3 Å². The van der Waals surface area contributed by atoms with Crippen molar-refractivity contribution >= 4 is 22.9 Å². The number of thiophene rings is 1. The summed E-state index contributed by atoms with van der Waals surface area (Å²) in [6, 6.07) is 2.62. The van der Waals surface area contributed by atoms with Crippen molar-refractivity contribution in [3.05, 3.63) is 21.3 Å². The fraction of sp³-hybridized carbons (Fsp3) is 0.733. The third-order valence-corrected chi connectivity index (χ3v) is 5.52. The van der Waals surface area contributed by atoms with Gasteiger partial charge in [0.15, 0.2) is 0 Å². The lowest BCUT2D eigenvalue weighted by Crippen LogP contribution is -2.34. The Bertz CT molecular complexity index is 374. The average molecular weight is 286 g/mol. The van der Waals surface area contributed by atoms with E-state index in [9.17, 15) is 0 Å². The number of hydrogen-bond donors (Lipinski definition) is 1. The molecule has 0 radical (unpaired) electrons. The molecule has 1 N–H and O–H groups in total. The molecule has 1 nitrogen and oxygen atoms in total. The van der Waals surface area contributed by atoms with Gasteiger partial charge in [-0.2, -0.15) is 0 Å². The molecule has 2 rings (SSSR count). The molecule has 0 aromatic carbocycles. The van der Waals surface area contributed by atoms with Gasteiger partial charge in [-0.25, -0.2) is 0 Å². The highest BCUT2D eigenvalue weighted by atomic mass is 35.5. The maximum absolute atomic E-state index is 6.34. The third kappa shape index (κ3) is 3.49. The van der Waals surface area contributed by atoms with E-state index in [1.54, 1.807) is 0 Å². The smallest absolute Gasteiger partial charge is 0.0547 e. The third-order valence-electron chi connectivity index (χ3n) is 4.03. The van der Waals surface area contributed by atoms with Crippen molar-refractivity contribution in [2.45, 2.75) is 52.0 Å². The predicted molar refractivity (Wildman–Crippen MR) is 81.7 cm³/mol. The number of rotatable bonds is 4. The summed E-state index contributed by atoms with van der Waals surface area (Å²) >= 11 is 8.18. The minimum Gasteiger partial charge on any atom is -0.314 e. The minimum atomic E-state index is 0.573. The zero-order chi connectivity index (χ0) is 13.1. The first-order valence-electron chi connectivity index (χ1n) is 7.04. The van der Waals surface area contributed by atoms with E-state index in [4.69, 9.17) is 11.6 Å². The van der Waals surface area contributed by atoms with Crippen molar-refractivity contribution in [3.8, 4) is 0 Å². The van der Waals surface area contributed by atoms with Crippen LogP contribution in [0.4, 0.5) is 0 Å². The van der Waals surface area contributed by atoms with Crippen LogP contribution in [0.3, 0.4) is 0 Å². The molecule has 18 heavy (non-hydrogen) atoms. The van der Waals surface area contributed by atoms with Gasteiger partial charge in [0.25, 0.3) is 0 Å². The molecule has 1 aromatic rings. The number of hydrogen-bond acceptors (Lipinski definition) is 2. The monoisotopic (exact) mass is 285 g/mol. The summed E-state index contributed by atoms with van der Waals surface area (Å²) in [4.78, 5) is 1.42. The average Bonchev–Trinajstić information content (AvgIpc) is 2.73. The first-order valence-corrected chi connectivity index (χ1v) is 8.30. The maximum Gasteiger partial charge on any atom is 0.0547 e. The topological polar surface area (TPSA) is 12.0 Å². The molecule has 0 amide bonds. The second-order valence-electron chi connectivity index (χ2n) is 5.98. The van der Waals surface area contributed by atoms with E-state index in [2.05, 4.69) is 31.5 Å². The van der Waals surface area contributed by atoms with Crippen LogP contribution in [0, 0.1) is 11.8 Å². The van der Waals surface area contributed by atoms with Crippen LogP contribution in [0.2, 0.25) is 5.02 Å². The van der Waals surface area contributed by atoms with E-state index < -0.39 is 0 Å². The molecule has 0 spiro atoms. The van der Waals surface area contributed by atoms with Crippen molar-refractivity contribution in [1.82, 2.24) is 5.32 Å². The van der Waals surface area contributed by atoms with E-state index in [-0.39, 0.29) is 0 Å². The van der Waals surface area contributed by atoms with E-state index >= 15 is 0 Å². The van der Waals surface area contributed by atoms with Gasteiger partial charge in [-0.1, -0.05) is 38.8 Å². The highest BCUT2D eigenvalue weighted by Crippen LogP contribution is 2.44. The molecule has 0 saturated heterocycles. The summed E-state index contributed by atoms with van der Waals surface area (Å²) in [7, 11) is 0. The van der Waals surface area contributed by atoms with Gasteiger partial charge in [0, 0.05) is 10.9 Å². The summed E-state index contributed by atoms with van der Waals surface area (Å²) in [5, 5.41) is 6.71. The molecule has 1 saturated carbocycles. The predicted octanol–water partition coefficient (Wildman–Crippen LogP) is 4.92. The molecule has 102 valence electrons. The van der Waals surface area contributed by atoms with Crippen LogP contribution in [0.1, 0.15) is 50.8 Å². The van der Waals surface area contributed by atoms with Crippen LogP contribution in [-0.4, -0.2) is 12.6 Å². The van der Waals surface area contributed by atoms with Gasteiger partial charge in [0.2, 0.25) is 0 Å². The normalized spacial score (nSPS) is 28.8. The van der Waals surface area contributed by atoms with Crippen LogP contribution >= 0.6 is 22.9 Å². The summed E-state index contributed by atoms with van der Waals surface area (Å²) < 4.78 is 0. The summed E-state index contributed by atoms with van der Waals surface area (Å²) in [5.41, 5.74) is 0. The zero-order valence-electron chi connectivity index (χ0n) is 11.6. The van der Waals surface area contributed by atoms with Crippen LogP contribution in [0.5, 0.6) is 0 Å². The molecule has 1 aliphatic rings. The van der Waals surface area contributed by atoms with Gasteiger partial charge in [-0.05, 0) is 48.6 Å². The molecule has 3 heteroatoms. The Hall–Kier alpha value is -0.0500. The van der Waals surface area contributed by atoms with Crippen LogP contribution in [0.15, 0.2) is 11.4 Å². The summed E-state index contributed by atoms with van der Waals surface area (Å²) in [6.07, 6.45) is 3.99. The molecule has 3 atom stereocenters. The molecule has 1 heterocycles. The first-order chi connectivity index (χ1) is 8.58. The zero-order valence-corrected chi connectivity index (χ0v) is 13.2. The lowest BCUT2D eigenvalue weighted by Gasteiger charge is -2.35. The first kappa shape index (κ1) is 14.4.